The van der Waals surface area contributed by atoms with Crippen LogP contribution in [0.2, 0.25) is 0 Å². The Kier molecular flexibility index (Phi) is 11.9. The lowest BCUT2D eigenvalue weighted by Gasteiger charge is -2.04. The summed E-state index contributed by atoms with van der Waals surface area (Å²) in [5.41, 5.74) is 1.44. The molecule has 0 bridgehead atoms. The van der Waals surface area contributed by atoms with E-state index in [0.717, 1.165) is 0 Å². The number of unbranched alkanes of at least 4 members (excludes halogenated alkanes) is 11. The van der Waals surface area contributed by atoms with E-state index in [1.165, 1.54) is 89.2 Å². The van der Waals surface area contributed by atoms with Crippen LogP contribution in [0.15, 0.2) is 24.5 Å². The zero-order valence-electron chi connectivity index (χ0n) is 16.0. The second kappa shape index (κ2) is 13.6. The minimum absolute atomic E-state index is 0.635. The molecule has 1 rings (SSSR count). The van der Waals surface area contributed by atoms with Crippen molar-refractivity contribution in [2.24, 2.45) is 0 Å². The minimum atomic E-state index is 0.635. The highest BCUT2D eigenvalue weighted by Gasteiger charge is 2.03. The first-order valence-electron chi connectivity index (χ1n) is 10.2. The van der Waals surface area contributed by atoms with E-state index in [-0.39, 0.29) is 0 Å². The summed E-state index contributed by atoms with van der Waals surface area (Å²) >= 11 is 0. The summed E-state index contributed by atoms with van der Waals surface area (Å²) in [4.78, 5) is 0. The zero-order chi connectivity index (χ0) is 16.8. The van der Waals surface area contributed by atoms with E-state index in [4.69, 9.17) is 0 Å². The summed E-state index contributed by atoms with van der Waals surface area (Å²) in [5, 5.41) is 0. The quantitative estimate of drug-likeness (QED) is 0.262. The molecule has 132 valence electrons. The molecule has 1 heterocycles. The number of aryl methyl sites for hydroxylation is 1. The van der Waals surface area contributed by atoms with E-state index >= 15 is 0 Å². The Morgan fingerprint density at radius 3 is 1.57 bits per heavy atom. The van der Waals surface area contributed by atoms with Crippen LogP contribution in [0.3, 0.4) is 0 Å². The minimum Gasteiger partial charge on any atom is -0.205 e. The summed E-state index contributed by atoms with van der Waals surface area (Å²) in [6.07, 6.45) is 21.6. The van der Waals surface area contributed by atoms with Gasteiger partial charge in [-0.05, 0) is 17.9 Å². The molecular weight excluding hydrogens is 278 g/mol. The van der Waals surface area contributed by atoms with Gasteiger partial charge < -0.3 is 0 Å². The molecule has 0 spiro atoms. The van der Waals surface area contributed by atoms with Crippen LogP contribution in [0.4, 0.5) is 0 Å². The number of aromatic nitrogens is 1. The van der Waals surface area contributed by atoms with Gasteiger partial charge in [0, 0.05) is 18.6 Å². The Bertz CT molecular complexity index is 366. The molecule has 23 heavy (non-hydrogen) atoms. The fourth-order valence-electron chi connectivity index (χ4n) is 3.14. The van der Waals surface area contributed by atoms with Crippen LogP contribution in [-0.4, -0.2) is 0 Å². The molecule has 0 aliphatic carbocycles. The summed E-state index contributed by atoms with van der Waals surface area (Å²) in [6.45, 7) is 7.98. The topological polar surface area (TPSA) is 3.88 Å². The fourth-order valence-corrected chi connectivity index (χ4v) is 3.14. The number of hydrogen-bond donors (Lipinski definition) is 0. The average molecular weight is 319 g/mol. The molecule has 0 N–H and O–H groups in total. The van der Waals surface area contributed by atoms with Crippen molar-refractivity contribution in [2.45, 2.75) is 110 Å². The van der Waals surface area contributed by atoms with Crippen molar-refractivity contribution in [3.63, 3.8) is 0 Å². The molecule has 0 aliphatic heterocycles. The van der Waals surface area contributed by atoms with Crippen molar-refractivity contribution in [3.05, 3.63) is 30.1 Å². The van der Waals surface area contributed by atoms with Gasteiger partial charge in [0.15, 0.2) is 12.4 Å². The third-order valence-corrected chi connectivity index (χ3v) is 4.85. The van der Waals surface area contributed by atoms with Crippen LogP contribution in [0.5, 0.6) is 0 Å². The van der Waals surface area contributed by atoms with Crippen molar-refractivity contribution < 1.29 is 4.57 Å². The second-order valence-electron chi connectivity index (χ2n) is 7.41. The van der Waals surface area contributed by atoms with Gasteiger partial charge in [0.1, 0.15) is 6.54 Å². The van der Waals surface area contributed by atoms with E-state index in [2.05, 4.69) is 49.9 Å². The number of pyridine rings is 1. The molecule has 0 amide bonds. The predicted molar refractivity (Wildman–Crippen MR) is 102 cm³/mol. The lowest BCUT2D eigenvalue weighted by atomic mass is 10.0. The normalized spacial score (nSPS) is 11.3. The van der Waals surface area contributed by atoms with E-state index in [1.807, 2.05) is 0 Å². The van der Waals surface area contributed by atoms with Gasteiger partial charge in [-0.2, -0.15) is 0 Å². The van der Waals surface area contributed by atoms with Crippen molar-refractivity contribution in [1.82, 2.24) is 0 Å². The molecule has 1 aromatic rings. The van der Waals surface area contributed by atoms with Crippen molar-refractivity contribution >= 4 is 0 Å². The SMILES string of the molecule is CCCCCCCCCCCCCC[n+]1ccc(C(C)C)cc1. The van der Waals surface area contributed by atoms with Crippen LogP contribution in [0.1, 0.15) is 109 Å². The Morgan fingerprint density at radius 2 is 1.13 bits per heavy atom. The zero-order valence-corrected chi connectivity index (χ0v) is 16.0. The lowest BCUT2D eigenvalue weighted by Crippen LogP contribution is -2.32. The van der Waals surface area contributed by atoms with Gasteiger partial charge in [-0.1, -0.05) is 85.0 Å². The van der Waals surface area contributed by atoms with Crippen molar-refractivity contribution in [3.8, 4) is 0 Å². The summed E-state index contributed by atoms with van der Waals surface area (Å²) in [5.74, 6) is 0.635. The van der Waals surface area contributed by atoms with Crippen LogP contribution in [0, 0.1) is 0 Å². The van der Waals surface area contributed by atoms with Crippen LogP contribution < -0.4 is 4.57 Å². The van der Waals surface area contributed by atoms with Gasteiger partial charge >= 0.3 is 0 Å². The van der Waals surface area contributed by atoms with Gasteiger partial charge in [-0.3, -0.25) is 0 Å². The molecule has 0 aliphatic rings. The first-order valence-corrected chi connectivity index (χ1v) is 10.2. The highest BCUT2D eigenvalue weighted by Crippen LogP contribution is 2.12. The Hall–Kier alpha value is -0.850. The molecule has 0 aromatic carbocycles. The smallest absolute Gasteiger partial charge is 0.169 e. The maximum Gasteiger partial charge on any atom is 0.169 e. The molecular formula is C22H40N+. The number of nitrogens with zero attached hydrogens (tertiary/aromatic N) is 1. The third-order valence-electron chi connectivity index (χ3n) is 4.85. The van der Waals surface area contributed by atoms with E-state index in [0.29, 0.717) is 5.92 Å². The fraction of sp³-hybridized carbons (Fsp3) is 0.773. The van der Waals surface area contributed by atoms with Crippen molar-refractivity contribution in [1.29, 1.82) is 0 Å². The van der Waals surface area contributed by atoms with Gasteiger partial charge in [0.25, 0.3) is 0 Å². The van der Waals surface area contributed by atoms with Crippen LogP contribution in [-0.2, 0) is 6.54 Å². The average Bonchev–Trinajstić information content (AvgIpc) is 2.56. The van der Waals surface area contributed by atoms with Crippen LogP contribution >= 0.6 is 0 Å². The Morgan fingerprint density at radius 1 is 0.696 bits per heavy atom. The van der Waals surface area contributed by atoms with Gasteiger partial charge in [-0.15, -0.1) is 0 Å². The maximum absolute atomic E-state index is 2.34. The standard InChI is InChI=1S/C22H40N/c1-4-5-6-7-8-9-10-11-12-13-14-15-18-23-19-16-22(17-20-23)21(2)3/h16-17,19-21H,4-15,18H2,1-3H3/q+1. The van der Waals surface area contributed by atoms with Gasteiger partial charge in [0.2, 0.25) is 0 Å². The summed E-state index contributed by atoms with van der Waals surface area (Å²) in [6, 6.07) is 4.54. The number of rotatable bonds is 14. The molecule has 0 saturated carbocycles. The number of hydrogen-bond acceptors (Lipinski definition) is 0. The first-order chi connectivity index (χ1) is 11.2. The summed E-state index contributed by atoms with van der Waals surface area (Å²) in [7, 11) is 0. The molecule has 0 radical (unpaired) electrons. The molecule has 1 heteroatoms. The molecule has 1 nitrogen and oxygen atoms in total. The molecule has 0 atom stereocenters. The van der Waals surface area contributed by atoms with Crippen molar-refractivity contribution in [2.75, 3.05) is 0 Å². The summed E-state index contributed by atoms with van der Waals surface area (Å²) < 4.78 is 2.34. The maximum atomic E-state index is 2.34. The van der Waals surface area contributed by atoms with Crippen LogP contribution in [0.25, 0.3) is 0 Å². The molecule has 0 saturated heterocycles. The second-order valence-corrected chi connectivity index (χ2v) is 7.41. The highest BCUT2D eigenvalue weighted by atomic mass is 14.9. The van der Waals surface area contributed by atoms with E-state index in [1.54, 1.807) is 0 Å². The van der Waals surface area contributed by atoms with Gasteiger partial charge in [0.05, 0.1) is 0 Å². The highest BCUT2D eigenvalue weighted by molar-refractivity contribution is 5.11. The van der Waals surface area contributed by atoms with Gasteiger partial charge in [-0.25, -0.2) is 4.57 Å². The monoisotopic (exact) mass is 318 g/mol. The third kappa shape index (κ3) is 10.5. The Labute approximate surface area is 145 Å². The lowest BCUT2D eigenvalue weighted by molar-refractivity contribution is -0.697. The largest absolute Gasteiger partial charge is 0.205 e. The first kappa shape index (κ1) is 20.2. The predicted octanol–water partition coefficient (Wildman–Crippen LogP) is 6.80. The van der Waals surface area contributed by atoms with E-state index in [9.17, 15) is 0 Å². The Balaban J connectivity index is 1.89. The molecule has 1 aromatic heterocycles. The molecule has 0 unspecified atom stereocenters. The van der Waals surface area contributed by atoms with E-state index < -0.39 is 0 Å². The molecule has 0 fully saturated rings.